The van der Waals surface area contributed by atoms with Gasteiger partial charge in [-0.2, -0.15) is 0 Å². The summed E-state index contributed by atoms with van der Waals surface area (Å²) >= 11 is 0. The van der Waals surface area contributed by atoms with E-state index in [-0.39, 0.29) is 13.5 Å². The third kappa shape index (κ3) is 2.40. The lowest BCUT2D eigenvalue weighted by Gasteiger charge is -2.40. The van der Waals surface area contributed by atoms with Gasteiger partial charge in [0, 0.05) is 0 Å². The van der Waals surface area contributed by atoms with Gasteiger partial charge in [0.2, 0.25) is 0 Å². The van der Waals surface area contributed by atoms with E-state index >= 15 is 0 Å². The molecule has 5 heteroatoms. The predicted molar refractivity (Wildman–Crippen MR) is 44.8 cm³/mol. The van der Waals surface area contributed by atoms with E-state index in [0.29, 0.717) is 6.67 Å². The molecule has 2 N–H and O–H groups in total. The smallest absolute Gasteiger partial charge is 0.0976 e. The molecule has 1 heterocycles. The van der Waals surface area contributed by atoms with Crippen molar-refractivity contribution < 1.29 is 10.2 Å². The highest BCUT2D eigenvalue weighted by Crippen LogP contribution is 2.04. The highest BCUT2D eigenvalue weighted by atomic mass is 16.3. The monoisotopic (exact) mass is 175 g/mol. The van der Waals surface area contributed by atoms with Crippen molar-refractivity contribution >= 4 is 0 Å². The van der Waals surface area contributed by atoms with Gasteiger partial charge in [0.25, 0.3) is 0 Å². The maximum absolute atomic E-state index is 8.91. The minimum atomic E-state index is 0.0486. The third-order valence-corrected chi connectivity index (χ3v) is 2.05. The molecule has 0 saturated carbocycles. The Bertz CT molecular complexity index is 104. The van der Waals surface area contributed by atoms with Crippen LogP contribution in [0, 0.1) is 0 Å². The number of rotatable bonds is 3. The highest BCUT2D eigenvalue weighted by molar-refractivity contribution is 4.63. The first-order valence-electron chi connectivity index (χ1n) is 4.19. The number of aliphatic hydroxyl groups excluding tert-OH is 2. The van der Waals surface area contributed by atoms with E-state index in [1.54, 1.807) is 0 Å². The SMILES string of the molecule is CCN1CN(CO)CN(CO)C1. The summed E-state index contributed by atoms with van der Waals surface area (Å²) in [6.45, 7) is 5.31. The zero-order valence-electron chi connectivity index (χ0n) is 7.48. The van der Waals surface area contributed by atoms with Gasteiger partial charge in [-0.15, -0.1) is 0 Å². The minimum absolute atomic E-state index is 0.0486. The largest absolute Gasteiger partial charge is 0.381 e. The van der Waals surface area contributed by atoms with Crippen LogP contribution in [0.2, 0.25) is 0 Å². The Kier molecular flexibility index (Phi) is 3.90. The lowest BCUT2D eigenvalue weighted by molar-refractivity contribution is -0.0889. The lowest BCUT2D eigenvalue weighted by atomic mass is 10.5. The molecule has 0 aromatic heterocycles. The number of aliphatic hydroxyl groups is 2. The molecule has 0 aromatic rings. The van der Waals surface area contributed by atoms with E-state index in [1.165, 1.54) is 0 Å². The van der Waals surface area contributed by atoms with Gasteiger partial charge in [-0.05, 0) is 6.54 Å². The van der Waals surface area contributed by atoms with E-state index < -0.39 is 0 Å². The zero-order chi connectivity index (χ0) is 8.97. The molecule has 0 atom stereocenters. The van der Waals surface area contributed by atoms with Crippen LogP contribution in [0.25, 0.3) is 0 Å². The Balaban J connectivity index is 2.41. The molecule has 0 amide bonds. The summed E-state index contributed by atoms with van der Waals surface area (Å²) in [6.07, 6.45) is 0. The van der Waals surface area contributed by atoms with E-state index in [1.807, 2.05) is 9.80 Å². The van der Waals surface area contributed by atoms with Gasteiger partial charge in [0.05, 0.1) is 33.5 Å². The fourth-order valence-electron chi connectivity index (χ4n) is 1.36. The molecular formula is C7H17N3O2. The highest BCUT2D eigenvalue weighted by Gasteiger charge is 2.20. The fourth-order valence-corrected chi connectivity index (χ4v) is 1.36. The van der Waals surface area contributed by atoms with Crippen molar-refractivity contribution in [2.24, 2.45) is 0 Å². The topological polar surface area (TPSA) is 50.2 Å². The van der Waals surface area contributed by atoms with Crippen molar-refractivity contribution in [3.05, 3.63) is 0 Å². The molecule has 0 spiro atoms. The zero-order valence-corrected chi connectivity index (χ0v) is 7.48. The van der Waals surface area contributed by atoms with Gasteiger partial charge in [-0.3, -0.25) is 14.7 Å². The second-order valence-corrected chi connectivity index (χ2v) is 3.04. The molecule has 0 bridgehead atoms. The van der Waals surface area contributed by atoms with Crippen molar-refractivity contribution in [2.75, 3.05) is 40.0 Å². The molecule has 72 valence electrons. The van der Waals surface area contributed by atoms with E-state index in [0.717, 1.165) is 19.9 Å². The van der Waals surface area contributed by atoms with Crippen LogP contribution in [0.15, 0.2) is 0 Å². The van der Waals surface area contributed by atoms with E-state index in [9.17, 15) is 0 Å². The maximum atomic E-state index is 8.91. The second kappa shape index (κ2) is 4.74. The maximum Gasteiger partial charge on any atom is 0.0976 e. The molecule has 5 nitrogen and oxygen atoms in total. The van der Waals surface area contributed by atoms with Gasteiger partial charge in [0.15, 0.2) is 0 Å². The molecule has 1 rings (SSSR count). The third-order valence-electron chi connectivity index (χ3n) is 2.05. The van der Waals surface area contributed by atoms with Crippen LogP contribution in [-0.2, 0) is 0 Å². The van der Waals surface area contributed by atoms with Crippen molar-refractivity contribution in [3.8, 4) is 0 Å². The van der Waals surface area contributed by atoms with E-state index in [4.69, 9.17) is 10.2 Å². The van der Waals surface area contributed by atoms with Crippen LogP contribution in [0.4, 0.5) is 0 Å². The van der Waals surface area contributed by atoms with Crippen molar-refractivity contribution in [2.45, 2.75) is 6.92 Å². The molecule has 1 fully saturated rings. The molecule has 1 saturated heterocycles. The van der Waals surface area contributed by atoms with Crippen LogP contribution in [0.1, 0.15) is 6.92 Å². The van der Waals surface area contributed by atoms with Gasteiger partial charge in [-0.1, -0.05) is 6.92 Å². The van der Waals surface area contributed by atoms with Gasteiger partial charge in [0.1, 0.15) is 0 Å². The first kappa shape index (κ1) is 9.88. The van der Waals surface area contributed by atoms with Crippen LogP contribution >= 0.6 is 0 Å². The number of hydrogen-bond acceptors (Lipinski definition) is 5. The van der Waals surface area contributed by atoms with Crippen LogP contribution in [-0.4, -0.2) is 64.9 Å². The molecule has 1 aliphatic rings. The van der Waals surface area contributed by atoms with Crippen molar-refractivity contribution in [3.63, 3.8) is 0 Å². The summed E-state index contributed by atoms with van der Waals surface area (Å²) in [7, 11) is 0. The lowest BCUT2D eigenvalue weighted by Crippen LogP contribution is -2.54. The first-order valence-corrected chi connectivity index (χ1v) is 4.19. The van der Waals surface area contributed by atoms with Crippen molar-refractivity contribution in [1.29, 1.82) is 0 Å². The molecular weight excluding hydrogens is 158 g/mol. The summed E-state index contributed by atoms with van der Waals surface area (Å²) in [5.74, 6) is 0. The molecule has 1 aliphatic heterocycles. The Morgan fingerprint density at radius 2 is 1.33 bits per heavy atom. The fraction of sp³-hybridized carbons (Fsp3) is 1.00. The molecule has 0 aromatic carbocycles. The summed E-state index contributed by atoms with van der Waals surface area (Å²) in [5.41, 5.74) is 0. The summed E-state index contributed by atoms with van der Waals surface area (Å²) in [4.78, 5) is 5.88. The minimum Gasteiger partial charge on any atom is -0.381 e. The summed E-state index contributed by atoms with van der Waals surface area (Å²) in [6, 6.07) is 0. The number of hydrogen-bond donors (Lipinski definition) is 2. The molecule has 0 unspecified atom stereocenters. The van der Waals surface area contributed by atoms with Crippen molar-refractivity contribution in [1.82, 2.24) is 14.7 Å². The molecule has 0 radical (unpaired) electrons. The standard InChI is InChI=1S/C7H17N3O2/c1-2-8-3-9(6-11)5-10(4-8)7-12/h11-12H,2-7H2,1H3. The first-order chi connectivity index (χ1) is 5.80. The second-order valence-electron chi connectivity index (χ2n) is 3.04. The average Bonchev–Trinajstić information content (AvgIpc) is 2.16. The summed E-state index contributed by atoms with van der Waals surface area (Å²) < 4.78 is 0. The Hall–Kier alpha value is -0.200. The average molecular weight is 175 g/mol. The van der Waals surface area contributed by atoms with Crippen LogP contribution in [0.5, 0.6) is 0 Å². The van der Waals surface area contributed by atoms with Gasteiger partial charge in [-0.25, -0.2) is 0 Å². The van der Waals surface area contributed by atoms with E-state index in [2.05, 4.69) is 11.8 Å². The number of nitrogens with zero attached hydrogens (tertiary/aromatic N) is 3. The Morgan fingerprint density at radius 3 is 1.67 bits per heavy atom. The quantitative estimate of drug-likeness (QED) is 0.558. The Labute approximate surface area is 72.8 Å². The van der Waals surface area contributed by atoms with Gasteiger partial charge >= 0.3 is 0 Å². The predicted octanol–water partition coefficient (Wildman–Crippen LogP) is -1.30. The Morgan fingerprint density at radius 1 is 0.917 bits per heavy atom. The van der Waals surface area contributed by atoms with Gasteiger partial charge < -0.3 is 10.2 Å². The normalized spacial score (nSPS) is 23.2. The van der Waals surface area contributed by atoms with Crippen LogP contribution in [0.3, 0.4) is 0 Å². The summed E-state index contributed by atoms with van der Waals surface area (Å²) in [5, 5.41) is 17.8. The molecule has 0 aliphatic carbocycles. The molecule has 12 heavy (non-hydrogen) atoms. The van der Waals surface area contributed by atoms with Crippen LogP contribution < -0.4 is 0 Å².